The molecular weight excluding hydrogens is 446 g/mol. The number of benzene rings is 1. The average Bonchev–Trinajstić information content (AvgIpc) is 3.41. The highest BCUT2D eigenvalue weighted by Crippen LogP contribution is 2.42. The van der Waals surface area contributed by atoms with Gasteiger partial charge >= 0.3 is 0 Å². The molecule has 1 fully saturated rings. The number of aromatic amines is 1. The lowest BCUT2D eigenvalue weighted by molar-refractivity contribution is 0.111. The maximum atomic E-state index is 11.7. The molecule has 4 heterocycles. The van der Waals surface area contributed by atoms with Crippen LogP contribution in [0, 0.1) is 13.8 Å². The number of aromatic nitrogens is 6. The third-order valence-corrected chi connectivity index (χ3v) is 6.54. The largest absolute Gasteiger partial charge is 0.496 e. The van der Waals surface area contributed by atoms with E-state index in [1.54, 1.807) is 7.11 Å². The zero-order valence-corrected chi connectivity index (χ0v) is 20.0. The van der Waals surface area contributed by atoms with Gasteiger partial charge in [-0.15, -0.1) is 0 Å². The molecule has 0 unspecified atom stereocenters. The fourth-order valence-corrected chi connectivity index (χ4v) is 4.69. The van der Waals surface area contributed by atoms with Crippen LogP contribution in [0.3, 0.4) is 0 Å². The molecule has 5 aromatic rings. The molecule has 0 amide bonds. The summed E-state index contributed by atoms with van der Waals surface area (Å²) in [6, 6.07) is 6.02. The minimum atomic E-state index is 0.0921. The Balaban J connectivity index is 1.56. The van der Waals surface area contributed by atoms with Crippen molar-refractivity contribution in [3.8, 4) is 16.9 Å². The molecule has 178 valence electrons. The Morgan fingerprint density at radius 3 is 2.74 bits per heavy atom. The lowest BCUT2D eigenvalue weighted by Crippen LogP contribution is -2.06. The zero-order chi connectivity index (χ0) is 24.3. The van der Waals surface area contributed by atoms with Gasteiger partial charge in [-0.1, -0.05) is 5.16 Å². The molecule has 0 spiro atoms. The van der Waals surface area contributed by atoms with E-state index >= 15 is 0 Å². The number of nitrogens with zero attached hydrogens (tertiary/aromatic N) is 5. The summed E-state index contributed by atoms with van der Waals surface area (Å²) >= 11 is 0. The van der Waals surface area contributed by atoms with Crippen LogP contribution in [0.1, 0.15) is 53.5 Å². The lowest BCUT2D eigenvalue weighted by atomic mass is 10.0. The number of fused-ring (bicyclic) bond motifs is 3. The summed E-state index contributed by atoms with van der Waals surface area (Å²) in [5.41, 5.74) is 5.00. The maximum Gasteiger partial charge on any atom is 0.196 e. The van der Waals surface area contributed by atoms with Crippen molar-refractivity contribution in [3.05, 3.63) is 41.2 Å². The van der Waals surface area contributed by atoms with E-state index in [-0.39, 0.29) is 5.82 Å². The molecule has 35 heavy (non-hydrogen) atoms. The molecule has 1 aliphatic carbocycles. The van der Waals surface area contributed by atoms with Gasteiger partial charge in [0.25, 0.3) is 0 Å². The second kappa shape index (κ2) is 7.93. The molecule has 0 radical (unpaired) electrons. The summed E-state index contributed by atoms with van der Waals surface area (Å²) in [6.45, 7) is 6.54. The van der Waals surface area contributed by atoms with Crippen molar-refractivity contribution in [2.24, 2.45) is 0 Å². The monoisotopic (exact) mass is 471 g/mol. The maximum absolute atomic E-state index is 11.7. The van der Waals surface area contributed by atoms with Crippen LogP contribution in [-0.4, -0.2) is 43.3 Å². The van der Waals surface area contributed by atoms with Gasteiger partial charge in [-0.2, -0.15) is 5.10 Å². The number of hydrogen-bond donors (Lipinski definition) is 2. The molecule has 1 saturated carbocycles. The molecule has 0 aliphatic heterocycles. The fraction of sp³-hybridized carbons (Fsp3) is 0.320. The number of carbonyl (C=O) groups is 1. The average molecular weight is 472 g/mol. The summed E-state index contributed by atoms with van der Waals surface area (Å²) in [5.74, 6) is 3.37. The number of nitrogens with one attached hydrogen (secondary N) is 2. The normalized spacial score (nSPS) is 13.6. The number of H-pyrrole nitrogens is 1. The van der Waals surface area contributed by atoms with Crippen molar-refractivity contribution in [1.82, 2.24) is 29.9 Å². The fourth-order valence-electron chi connectivity index (χ4n) is 4.69. The predicted octanol–water partition coefficient (Wildman–Crippen LogP) is 5.04. The number of hydrogen-bond acceptors (Lipinski definition) is 8. The van der Waals surface area contributed by atoms with Crippen molar-refractivity contribution in [2.45, 2.75) is 46.1 Å². The van der Waals surface area contributed by atoms with E-state index in [1.165, 1.54) is 12.8 Å². The minimum Gasteiger partial charge on any atom is -0.496 e. The zero-order valence-electron chi connectivity index (χ0n) is 20.0. The molecule has 0 saturated heterocycles. The Labute approximate surface area is 200 Å². The van der Waals surface area contributed by atoms with Gasteiger partial charge < -0.3 is 19.6 Å². The van der Waals surface area contributed by atoms with Gasteiger partial charge in [-0.25, -0.2) is 14.6 Å². The third kappa shape index (κ3) is 3.44. The number of ether oxygens (including phenoxy) is 1. The third-order valence-electron chi connectivity index (χ3n) is 6.54. The molecule has 2 N–H and O–H groups in total. The minimum absolute atomic E-state index is 0.0921. The highest BCUT2D eigenvalue weighted by Gasteiger charge is 2.28. The number of rotatable bonds is 7. The van der Waals surface area contributed by atoms with E-state index in [1.807, 2.05) is 37.6 Å². The molecule has 10 nitrogen and oxygen atoms in total. The Hall–Kier alpha value is -4.21. The van der Waals surface area contributed by atoms with Crippen molar-refractivity contribution in [1.29, 1.82) is 0 Å². The number of carbonyl (C=O) groups excluding carboxylic acids is 1. The van der Waals surface area contributed by atoms with E-state index < -0.39 is 0 Å². The smallest absolute Gasteiger partial charge is 0.196 e. The first kappa shape index (κ1) is 21.3. The Morgan fingerprint density at radius 2 is 2.09 bits per heavy atom. The second-order valence-corrected chi connectivity index (χ2v) is 8.86. The van der Waals surface area contributed by atoms with Gasteiger partial charge in [-0.3, -0.25) is 4.79 Å². The highest BCUT2D eigenvalue weighted by atomic mass is 16.5. The molecular formula is C25H25N7O3. The van der Waals surface area contributed by atoms with Crippen LogP contribution >= 0.6 is 0 Å². The van der Waals surface area contributed by atoms with Gasteiger partial charge in [0.15, 0.2) is 12.1 Å². The molecule has 4 aromatic heterocycles. The molecule has 6 rings (SSSR count). The van der Waals surface area contributed by atoms with Crippen molar-refractivity contribution < 1.29 is 14.1 Å². The quantitative estimate of drug-likeness (QED) is 0.316. The summed E-state index contributed by atoms with van der Waals surface area (Å²) in [5, 5.41) is 13.9. The van der Waals surface area contributed by atoms with Crippen LogP contribution in [0.4, 0.5) is 11.6 Å². The van der Waals surface area contributed by atoms with Gasteiger partial charge in [0.1, 0.15) is 28.8 Å². The first-order chi connectivity index (χ1) is 17.0. The molecule has 0 bridgehead atoms. The van der Waals surface area contributed by atoms with Crippen LogP contribution in [0.5, 0.6) is 5.75 Å². The van der Waals surface area contributed by atoms with Crippen LogP contribution < -0.4 is 10.1 Å². The van der Waals surface area contributed by atoms with Crippen molar-refractivity contribution in [2.75, 3.05) is 12.4 Å². The van der Waals surface area contributed by atoms with E-state index in [4.69, 9.17) is 14.4 Å². The van der Waals surface area contributed by atoms with Crippen LogP contribution in [0.25, 0.3) is 33.1 Å². The SMILES string of the molecule is CCn1nc(C2CC2)cc1Nc1nc(C=O)nc2[nH]c3cc(-c4c(C)noc4C)c(OC)cc3c12. The van der Waals surface area contributed by atoms with Crippen LogP contribution in [0.2, 0.25) is 0 Å². The summed E-state index contributed by atoms with van der Waals surface area (Å²) in [7, 11) is 1.64. The highest BCUT2D eigenvalue weighted by molar-refractivity contribution is 6.13. The second-order valence-electron chi connectivity index (χ2n) is 8.86. The van der Waals surface area contributed by atoms with E-state index in [0.717, 1.165) is 44.6 Å². The summed E-state index contributed by atoms with van der Waals surface area (Å²) < 4.78 is 13.1. The van der Waals surface area contributed by atoms with Gasteiger partial charge in [-0.05, 0) is 45.7 Å². The van der Waals surface area contributed by atoms with Crippen molar-refractivity contribution >= 4 is 39.9 Å². The van der Waals surface area contributed by atoms with Gasteiger partial charge in [0.2, 0.25) is 0 Å². The molecule has 10 heteroatoms. The van der Waals surface area contributed by atoms with Crippen molar-refractivity contribution in [3.63, 3.8) is 0 Å². The molecule has 1 aromatic carbocycles. The number of aldehydes is 1. The summed E-state index contributed by atoms with van der Waals surface area (Å²) in [4.78, 5) is 24.0. The van der Waals surface area contributed by atoms with E-state index in [0.29, 0.717) is 41.7 Å². The predicted molar refractivity (Wildman–Crippen MR) is 131 cm³/mol. The van der Waals surface area contributed by atoms with Crippen LogP contribution in [-0.2, 0) is 6.54 Å². The number of aryl methyl sites for hydroxylation is 3. The molecule has 0 atom stereocenters. The topological polar surface area (TPSA) is 124 Å². The number of anilines is 2. The van der Waals surface area contributed by atoms with Gasteiger partial charge in [0, 0.05) is 35.0 Å². The number of methoxy groups -OCH3 is 1. The Bertz CT molecular complexity index is 1590. The van der Waals surface area contributed by atoms with Gasteiger partial charge in [0.05, 0.1) is 29.4 Å². The van der Waals surface area contributed by atoms with E-state index in [9.17, 15) is 4.79 Å². The Morgan fingerprint density at radius 1 is 1.26 bits per heavy atom. The summed E-state index contributed by atoms with van der Waals surface area (Å²) in [6.07, 6.45) is 2.99. The lowest BCUT2D eigenvalue weighted by Gasteiger charge is -2.10. The Kier molecular flexibility index (Phi) is 4.84. The van der Waals surface area contributed by atoms with Crippen LogP contribution in [0.15, 0.2) is 22.7 Å². The first-order valence-corrected chi connectivity index (χ1v) is 11.6. The molecule has 1 aliphatic rings. The van der Waals surface area contributed by atoms with E-state index in [2.05, 4.69) is 31.5 Å². The standard InChI is InChI=1S/C25H25N7O3/c1-5-32-21(10-17(30-32)14-6-7-14)29-25-23-15-9-19(34-4)16(22-12(2)31-35-13(22)3)8-18(15)26-24(23)27-20(11-33)28-25/h8-11,14H,5-7H2,1-4H3,(H2,26,27,28,29). The first-order valence-electron chi connectivity index (χ1n) is 11.6.